The van der Waals surface area contributed by atoms with Gasteiger partial charge in [-0.2, -0.15) is 4.31 Å². The number of hydrogen-bond acceptors (Lipinski definition) is 4. The van der Waals surface area contributed by atoms with E-state index < -0.39 is 10.0 Å². The highest BCUT2D eigenvalue weighted by atomic mass is 32.2. The number of rotatable bonds is 6. The molecule has 0 aromatic rings. The van der Waals surface area contributed by atoms with Crippen molar-refractivity contribution in [2.24, 2.45) is 4.99 Å². The lowest BCUT2D eigenvalue weighted by Gasteiger charge is -2.23. The number of hydrogen-bond donors (Lipinski definition) is 2. The third-order valence-electron chi connectivity index (χ3n) is 3.47. The van der Waals surface area contributed by atoms with E-state index in [1.807, 2.05) is 6.92 Å². The van der Waals surface area contributed by atoms with Crippen LogP contribution in [0.2, 0.25) is 0 Å². The Balaban J connectivity index is 2.60. The minimum absolute atomic E-state index is 0.0583. The number of carbonyl (C=O) groups excluding carboxylic acids is 1. The van der Waals surface area contributed by atoms with E-state index in [2.05, 4.69) is 15.6 Å². The molecular formula is C13H27N5O3S. The minimum atomic E-state index is -3.18. The van der Waals surface area contributed by atoms with Crippen LogP contribution in [-0.4, -0.2) is 82.1 Å². The average Bonchev–Trinajstić information content (AvgIpc) is 2.89. The molecule has 0 unspecified atom stereocenters. The van der Waals surface area contributed by atoms with Gasteiger partial charge in [0.1, 0.15) is 6.54 Å². The predicted molar refractivity (Wildman–Crippen MR) is 87.2 cm³/mol. The van der Waals surface area contributed by atoms with E-state index >= 15 is 0 Å². The maximum Gasteiger partial charge on any atom is 0.243 e. The van der Waals surface area contributed by atoms with Gasteiger partial charge in [-0.1, -0.05) is 0 Å². The third kappa shape index (κ3) is 5.80. The molecule has 22 heavy (non-hydrogen) atoms. The second-order valence-corrected chi connectivity index (χ2v) is 7.47. The molecule has 1 fully saturated rings. The first-order valence-electron chi connectivity index (χ1n) is 7.44. The highest BCUT2D eigenvalue weighted by Gasteiger charge is 2.31. The smallest absolute Gasteiger partial charge is 0.243 e. The highest BCUT2D eigenvalue weighted by molar-refractivity contribution is 7.88. The SMILES string of the molecule is CCNC(=NCC(=O)N(C)C)NC[C@H]1CCCN1S(C)(=O)=O. The van der Waals surface area contributed by atoms with Gasteiger partial charge in [0.15, 0.2) is 5.96 Å². The van der Waals surface area contributed by atoms with E-state index in [0.29, 0.717) is 25.6 Å². The predicted octanol–water partition coefficient (Wildman–Crippen LogP) is -0.946. The molecule has 0 bridgehead atoms. The van der Waals surface area contributed by atoms with Crippen molar-refractivity contribution in [3.63, 3.8) is 0 Å². The Hall–Kier alpha value is -1.35. The number of guanidine groups is 1. The fourth-order valence-electron chi connectivity index (χ4n) is 2.29. The van der Waals surface area contributed by atoms with Crippen LogP contribution < -0.4 is 10.6 Å². The van der Waals surface area contributed by atoms with Gasteiger partial charge in [-0.3, -0.25) is 4.79 Å². The first-order chi connectivity index (χ1) is 10.3. The van der Waals surface area contributed by atoms with E-state index in [1.165, 1.54) is 15.5 Å². The Morgan fingerprint density at radius 3 is 2.59 bits per heavy atom. The van der Waals surface area contributed by atoms with Crippen molar-refractivity contribution in [2.75, 3.05) is 46.5 Å². The lowest BCUT2D eigenvalue weighted by atomic mass is 10.2. The number of carbonyl (C=O) groups is 1. The van der Waals surface area contributed by atoms with E-state index in [0.717, 1.165) is 12.8 Å². The molecule has 8 nitrogen and oxygen atoms in total. The summed E-state index contributed by atoms with van der Waals surface area (Å²) in [6, 6.07) is -0.0663. The first-order valence-corrected chi connectivity index (χ1v) is 9.29. The molecule has 1 rings (SSSR count). The van der Waals surface area contributed by atoms with Crippen LogP contribution in [0.3, 0.4) is 0 Å². The van der Waals surface area contributed by atoms with Crippen LogP contribution in [0.1, 0.15) is 19.8 Å². The van der Waals surface area contributed by atoms with Crippen molar-refractivity contribution in [3.05, 3.63) is 0 Å². The molecule has 1 aliphatic rings. The second-order valence-electron chi connectivity index (χ2n) is 5.53. The number of amides is 1. The van der Waals surface area contributed by atoms with Gasteiger partial charge in [-0.05, 0) is 19.8 Å². The van der Waals surface area contributed by atoms with E-state index in [9.17, 15) is 13.2 Å². The first kappa shape index (κ1) is 18.7. The molecule has 0 spiro atoms. The Morgan fingerprint density at radius 2 is 2.05 bits per heavy atom. The molecule has 0 saturated carbocycles. The maximum atomic E-state index is 11.7. The summed E-state index contributed by atoms with van der Waals surface area (Å²) in [4.78, 5) is 17.3. The van der Waals surface area contributed by atoms with Crippen molar-refractivity contribution in [1.82, 2.24) is 19.8 Å². The molecule has 0 radical (unpaired) electrons. The molecule has 0 aromatic carbocycles. The Kier molecular flexibility index (Phi) is 7.08. The van der Waals surface area contributed by atoms with Gasteiger partial charge < -0.3 is 15.5 Å². The highest BCUT2D eigenvalue weighted by Crippen LogP contribution is 2.19. The standard InChI is InChI=1S/C13H27N5O3S/c1-5-14-13(16-10-12(19)17(2)3)15-9-11-7-6-8-18(11)22(4,20)21/h11H,5-10H2,1-4H3,(H2,14,15,16)/t11-/m1/s1. The summed E-state index contributed by atoms with van der Waals surface area (Å²) in [6.07, 6.45) is 2.93. The molecule has 0 aliphatic carbocycles. The monoisotopic (exact) mass is 333 g/mol. The molecule has 1 heterocycles. The lowest BCUT2D eigenvalue weighted by molar-refractivity contribution is -0.127. The fraction of sp³-hybridized carbons (Fsp3) is 0.846. The summed E-state index contributed by atoms with van der Waals surface area (Å²) in [7, 11) is 0.186. The van der Waals surface area contributed by atoms with Gasteiger partial charge in [-0.25, -0.2) is 13.4 Å². The zero-order valence-electron chi connectivity index (χ0n) is 13.8. The zero-order chi connectivity index (χ0) is 16.8. The molecule has 0 aromatic heterocycles. The Bertz CT molecular complexity index is 504. The Morgan fingerprint density at radius 1 is 1.36 bits per heavy atom. The van der Waals surface area contributed by atoms with Crippen LogP contribution in [0, 0.1) is 0 Å². The van der Waals surface area contributed by atoms with Crippen molar-refractivity contribution in [1.29, 1.82) is 0 Å². The summed E-state index contributed by atoms with van der Waals surface area (Å²) in [5.74, 6) is 0.439. The van der Waals surface area contributed by atoms with Crippen LogP contribution in [0.25, 0.3) is 0 Å². The molecule has 1 amide bonds. The van der Waals surface area contributed by atoms with Gasteiger partial charge in [-0.15, -0.1) is 0 Å². The van der Waals surface area contributed by atoms with Crippen LogP contribution in [0.15, 0.2) is 4.99 Å². The largest absolute Gasteiger partial charge is 0.357 e. The quantitative estimate of drug-likeness (QED) is 0.483. The average molecular weight is 333 g/mol. The van der Waals surface area contributed by atoms with Crippen LogP contribution in [0.4, 0.5) is 0 Å². The lowest BCUT2D eigenvalue weighted by Crippen LogP contribution is -2.46. The number of aliphatic imine (C=N–C) groups is 1. The zero-order valence-corrected chi connectivity index (χ0v) is 14.6. The van der Waals surface area contributed by atoms with Crippen molar-refractivity contribution < 1.29 is 13.2 Å². The second kappa shape index (κ2) is 8.33. The molecular weight excluding hydrogens is 306 g/mol. The van der Waals surface area contributed by atoms with Gasteiger partial charge in [0, 0.05) is 39.8 Å². The van der Waals surface area contributed by atoms with Crippen LogP contribution in [-0.2, 0) is 14.8 Å². The fourth-order valence-corrected chi connectivity index (χ4v) is 3.48. The summed E-state index contributed by atoms with van der Waals surface area (Å²) in [6.45, 7) is 3.71. The normalized spacial score (nSPS) is 20.0. The minimum Gasteiger partial charge on any atom is -0.357 e. The summed E-state index contributed by atoms with van der Waals surface area (Å²) in [5.41, 5.74) is 0. The third-order valence-corrected chi connectivity index (χ3v) is 4.80. The topological polar surface area (TPSA) is 94.1 Å². The van der Waals surface area contributed by atoms with Crippen molar-refractivity contribution >= 4 is 21.9 Å². The summed E-state index contributed by atoms with van der Waals surface area (Å²) in [5, 5.41) is 6.18. The number of sulfonamides is 1. The molecule has 1 saturated heterocycles. The van der Waals surface area contributed by atoms with E-state index in [-0.39, 0.29) is 18.5 Å². The Labute approximate surface area is 133 Å². The molecule has 1 atom stereocenters. The van der Waals surface area contributed by atoms with Crippen LogP contribution >= 0.6 is 0 Å². The molecule has 9 heteroatoms. The number of nitrogens with one attached hydrogen (secondary N) is 2. The van der Waals surface area contributed by atoms with Crippen LogP contribution in [0.5, 0.6) is 0 Å². The van der Waals surface area contributed by atoms with Gasteiger partial charge >= 0.3 is 0 Å². The molecule has 128 valence electrons. The van der Waals surface area contributed by atoms with E-state index in [4.69, 9.17) is 0 Å². The van der Waals surface area contributed by atoms with Gasteiger partial charge in [0.25, 0.3) is 0 Å². The van der Waals surface area contributed by atoms with Crippen molar-refractivity contribution in [2.45, 2.75) is 25.8 Å². The van der Waals surface area contributed by atoms with E-state index in [1.54, 1.807) is 14.1 Å². The number of nitrogens with zero attached hydrogens (tertiary/aromatic N) is 3. The van der Waals surface area contributed by atoms with Gasteiger partial charge in [0.2, 0.25) is 15.9 Å². The maximum absolute atomic E-state index is 11.7. The van der Waals surface area contributed by atoms with Crippen molar-refractivity contribution in [3.8, 4) is 0 Å². The summed E-state index contributed by atoms with van der Waals surface area (Å²) >= 11 is 0. The summed E-state index contributed by atoms with van der Waals surface area (Å²) < 4.78 is 24.9. The number of likely N-dealkylation sites (N-methyl/N-ethyl adjacent to an activating group) is 1. The molecule has 2 N–H and O–H groups in total. The van der Waals surface area contributed by atoms with Gasteiger partial charge in [0.05, 0.1) is 6.26 Å². The molecule has 1 aliphatic heterocycles.